The first-order valence-corrected chi connectivity index (χ1v) is 8.99. The van der Waals surface area contributed by atoms with Gasteiger partial charge in [0.25, 0.3) is 0 Å². The lowest BCUT2D eigenvalue weighted by Gasteiger charge is -2.10. The van der Waals surface area contributed by atoms with Crippen molar-refractivity contribution in [3.05, 3.63) is 48.0 Å². The molecule has 2 N–H and O–H groups in total. The molecule has 0 saturated heterocycles. The minimum Gasteiger partial charge on any atom is -0.436 e. The summed E-state index contributed by atoms with van der Waals surface area (Å²) in [5.74, 6) is 0.327. The topological polar surface area (TPSA) is 67.2 Å². The van der Waals surface area contributed by atoms with Crippen LogP contribution in [-0.2, 0) is 11.2 Å². The van der Waals surface area contributed by atoms with Crippen LogP contribution in [0.3, 0.4) is 0 Å². The average Bonchev–Trinajstić information content (AvgIpc) is 3.04. The van der Waals surface area contributed by atoms with Crippen molar-refractivity contribution >= 4 is 40.0 Å². The zero-order chi connectivity index (χ0) is 18.7. The normalized spacial score (nSPS) is 10.9. The highest BCUT2D eigenvalue weighted by molar-refractivity contribution is 7.80. The van der Waals surface area contributed by atoms with Gasteiger partial charge in [0.05, 0.1) is 0 Å². The molecule has 0 spiro atoms. The molecule has 0 radical (unpaired) electrons. The second kappa shape index (κ2) is 7.66. The number of amides is 1. The highest BCUT2D eigenvalue weighted by atomic mass is 32.1. The largest absolute Gasteiger partial charge is 0.436 e. The van der Waals surface area contributed by atoms with Crippen LogP contribution in [0, 0.1) is 5.92 Å². The molecule has 6 heteroatoms. The third kappa shape index (κ3) is 4.08. The van der Waals surface area contributed by atoms with Crippen molar-refractivity contribution in [1.29, 1.82) is 0 Å². The maximum Gasteiger partial charge on any atom is 0.228 e. The summed E-state index contributed by atoms with van der Waals surface area (Å²) in [6.07, 6.45) is 0.996. The molecular weight excluding hydrogens is 346 g/mol. The predicted molar refractivity (Wildman–Crippen MR) is 108 cm³/mol. The molecule has 0 saturated carbocycles. The van der Waals surface area contributed by atoms with Crippen LogP contribution >= 0.6 is 12.2 Å². The van der Waals surface area contributed by atoms with Gasteiger partial charge in [0, 0.05) is 17.2 Å². The van der Waals surface area contributed by atoms with Crippen molar-refractivity contribution in [3.8, 4) is 11.5 Å². The fourth-order valence-electron chi connectivity index (χ4n) is 2.43. The summed E-state index contributed by atoms with van der Waals surface area (Å²) >= 11 is 5.17. The van der Waals surface area contributed by atoms with Crippen molar-refractivity contribution in [2.24, 2.45) is 5.92 Å². The minimum absolute atomic E-state index is 0.122. The number of carbonyl (C=O) groups is 1. The molecule has 0 unspecified atom stereocenters. The molecule has 3 aromatic rings. The molecule has 1 aromatic heterocycles. The van der Waals surface area contributed by atoms with Gasteiger partial charge in [-0.25, -0.2) is 4.98 Å². The molecule has 0 fully saturated rings. The van der Waals surface area contributed by atoms with Gasteiger partial charge in [-0.05, 0) is 54.5 Å². The summed E-state index contributed by atoms with van der Waals surface area (Å²) in [6.45, 7) is 5.75. The van der Waals surface area contributed by atoms with Crippen molar-refractivity contribution < 1.29 is 9.21 Å². The molecule has 0 aliphatic heterocycles. The molecule has 3 rings (SSSR count). The second-order valence-electron chi connectivity index (χ2n) is 6.35. The summed E-state index contributed by atoms with van der Waals surface area (Å²) in [6, 6.07) is 13.7. The maximum absolute atomic E-state index is 11.7. The van der Waals surface area contributed by atoms with E-state index in [0.717, 1.165) is 23.2 Å². The monoisotopic (exact) mass is 367 g/mol. The molecule has 0 bridgehead atoms. The molecular formula is C20H21N3O2S. The van der Waals surface area contributed by atoms with Crippen LogP contribution in [0.4, 0.5) is 5.69 Å². The lowest BCUT2D eigenvalue weighted by Crippen LogP contribution is -2.36. The molecule has 26 heavy (non-hydrogen) atoms. The molecule has 0 aliphatic carbocycles. The molecule has 1 heterocycles. The van der Waals surface area contributed by atoms with Gasteiger partial charge in [-0.1, -0.05) is 32.9 Å². The van der Waals surface area contributed by atoms with Crippen LogP contribution in [0.25, 0.3) is 22.6 Å². The lowest BCUT2D eigenvalue weighted by atomic mass is 10.1. The molecule has 134 valence electrons. The van der Waals surface area contributed by atoms with Gasteiger partial charge in [0.2, 0.25) is 11.8 Å². The van der Waals surface area contributed by atoms with E-state index in [0.29, 0.717) is 11.5 Å². The zero-order valence-corrected chi connectivity index (χ0v) is 15.8. The number of rotatable bonds is 4. The Kier molecular flexibility index (Phi) is 5.32. The first kappa shape index (κ1) is 18.1. The summed E-state index contributed by atoms with van der Waals surface area (Å²) < 4.78 is 5.84. The van der Waals surface area contributed by atoms with E-state index < -0.39 is 0 Å². The van der Waals surface area contributed by atoms with Crippen molar-refractivity contribution in [3.63, 3.8) is 0 Å². The highest BCUT2D eigenvalue weighted by Gasteiger charge is 2.11. The number of carbonyl (C=O) groups excluding carboxylic acids is 1. The van der Waals surface area contributed by atoms with E-state index in [1.54, 1.807) is 0 Å². The van der Waals surface area contributed by atoms with Gasteiger partial charge in [-0.15, -0.1) is 0 Å². The Labute approximate surface area is 157 Å². The van der Waals surface area contributed by atoms with Crippen LogP contribution < -0.4 is 10.6 Å². The smallest absolute Gasteiger partial charge is 0.228 e. The van der Waals surface area contributed by atoms with Crippen LogP contribution in [-0.4, -0.2) is 16.0 Å². The van der Waals surface area contributed by atoms with Crippen LogP contribution in [0.1, 0.15) is 26.3 Å². The number of hydrogen-bond donors (Lipinski definition) is 2. The fourth-order valence-corrected chi connectivity index (χ4v) is 2.65. The molecule has 0 atom stereocenters. The lowest BCUT2D eigenvalue weighted by molar-refractivity contribution is -0.122. The van der Waals surface area contributed by atoms with Crippen LogP contribution in [0.2, 0.25) is 0 Å². The Morgan fingerprint density at radius 3 is 2.58 bits per heavy atom. The molecule has 1 amide bonds. The Morgan fingerprint density at radius 1 is 1.19 bits per heavy atom. The number of aryl methyl sites for hydroxylation is 1. The third-order valence-corrected chi connectivity index (χ3v) is 4.22. The number of anilines is 1. The number of thiocarbonyl (C=S) groups is 1. The van der Waals surface area contributed by atoms with E-state index in [1.807, 2.05) is 44.2 Å². The Hall–Kier alpha value is -2.73. The first-order valence-electron chi connectivity index (χ1n) is 8.58. The van der Waals surface area contributed by atoms with E-state index in [-0.39, 0.29) is 16.9 Å². The van der Waals surface area contributed by atoms with E-state index in [2.05, 4.69) is 34.7 Å². The highest BCUT2D eigenvalue weighted by Crippen LogP contribution is 2.26. The standard InChI is InChI=1S/C20H21N3O2S/c1-4-13-5-7-14(8-6-13)19-22-16-11-15(9-10-17(16)25-19)21-20(26)23-18(24)12(2)3/h5-12H,4H2,1-3H3,(H2,21,23,24,26). The van der Waals surface area contributed by atoms with Gasteiger partial charge >= 0.3 is 0 Å². The predicted octanol–water partition coefficient (Wildman–Crippen LogP) is 4.53. The van der Waals surface area contributed by atoms with E-state index in [1.165, 1.54) is 5.56 Å². The van der Waals surface area contributed by atoms with Gasteiger partial charge in [-0.2, -0.15) is 0 Å². The quantitative estimate of drug-likeness (QED) is 0.663. The van der Waals surface area contributed by atoms with E-state index in [4.69, 9.17) is 16.6 Å². The first-order chi connectivity index (χ1) is 12.5. The SMILES string of the molecule is CCc1ccc(-c2nc3cc(NC(=S)NC(=O)C(C)C)ccc3o2)cc1. The number of nitrogens with zero attached hydrogens (tertiary/aromatic N) is 1. The number of hydrogen-bond acceptors (Lipinski definition) is 4. The van der Waals surface area contributed by atoms with Crippen molar-refractivity contribution in [2.45, 2.75) is 27.2 Å². The molecule has 5 nitrogen and oxygen atoms in total. The third-order valence-electron chi connectivity index (χ3n) is 4.02. The maximum atomic E-state index is 11.7. The number of fused-ring (bicyclic) bond motifs is 1. The average molecular weight is 367 g/mol. The van der Waals surface area contributed by atoms with Gasteiger partial charge in [0.1, 0.15) is 5.52 Å². The summed E-state index contributed by atoms with van der Waals surface area (Å²) in [5.41, 5.74) is 4.37. The van der Waals surface area contributed by atoms with Crippen LogP contribution in [0.15, 0.2) is 46.9 Å². The molecule has 2 aromatic carbocycles. The Bertz CT molecular complexity index is 945. The summed E-state index contributed by atoms with van der Waals surface area (Å²) in [5, 5.41) is 5.92. The number of nitrogens with one attached hydrogen (secondary N) is 2. The van der Waals surface area contributed by atoms with Gasteiger partial charge < -0.3 is 15.1 Å². The number of oxazole rings is 1. The Balaban J connectivity index is 1.78. The van der Waals surface area contributed by atoms with Crippen molar-refractivity contribution in [2.75, 3.05) is 5.32 Å². The number of benzene rings is 2. The fraction of sp³-hybridized carbons (Fsp3) is 0.250. The summed E-state index contributed by atoms with van der Waals surface area (Å²) in [4.78, 5) is 16.3. The van der Waals surface area contributed by atoms with Crippen molar-refractivity contribution in [1.82, 2.24) is 10.3 Å². The van der Waals surface area contributed by atoms with E-state index >= 15 is 0 Å². The minimum atomic E-state index is -0.130. The van der Waals surface area contributed by atoms with Gasteiger partial charge in [0.15, 0.2) is 10.7 Å². The van der Waals surface area contributed by atoms with Crippen LogP contribution in [0.5, 0.6) is 0 Å². The summed E-state index contributed by atoms with van der Waals surface area (Å²) in [7, 11) is 0. The van der Waals surface area contributed by atoms with E-state index in [9.17, 15) is 4.79 Å². The number of aromatic nitrogens is 1. The zero-order valence-electron chi connectivity index (χ0n) is 15.0. The molecule has 0 aliphatic rings. The second-order valence-corrected chi connectivity index (χ2v) is 6.76. The Morgan fingerprint density at radius 2 is 1.92 bits per heavy atom. The van der Waals surface area contributed by atoms with Gasteiger partial charge in [-0.3, -0.25) is 4.79 Å².